The summed E-state index contributed by atoms with van der Waals surface area (Å²) in [5, 5.41) is 6.65. The number of aromatic nitrogens is 4. The average Bonchev–Trinajstić information content (AvgIpc) is 3.38. The maximum atomic E-state index is 12.5. The lowest BCUT2D eigenvalue weighted by Gasteiger charge is -2.11. The summed E-state index contributed by atoms with van der Waals surface area (Å²) in [7, 11) is 0. The molecule has 4 heterocycles. The van der Waals surface area contributed by atoms with Crippen LogP contribution in [0, 0.1) is 0 Å². The lowest BCUT2D eigenvalue weighted by atomic mass is 10.2. The molecule has 0 radical (unpaired) electrons. The van der Waals surface area contributed by atoms with E-state index < -0.39 is 5.91 Å². The molecule has 1 aromatic carbocycles. The third kappa shape index (κ3) is 3.78. The van der Waals surface area contributed by atoms with E-state index in [4.69, 9.17) is 11.5 Å². The number of thiophene rings is 1. The van der Waals surface area contributed by atoms with Crippen molar-refractivity contribution in [2.45, 2.75) is 13.3 Å². The van der Waals surface area contributed by atoms with Gasteiger partial charge in [0.05, 0.1) is 5.39 Å². The fourth-order valence-corrected chi connectivity index (χ4v) is 4.17. The number of benzene rings is 1. The number of hydrogen-bond acceptors (Lipinski definition) is 6. The Labute approximate surface area is 181 Å². The van der Waals surface area contributed by atoms with Crippen LogP contribution in [-0.2, 0) is 6.42 Å². The number of nitrogen functional groups attached to an aromatic ring is 1. The molecular formula is C22H20N6O2S. The van der Waals surface area contributed by atoms with Crippen molar-refractivity contribution in [2.24, 2.45) is 5.73 Å². The third-order valence-electron chi connectivity index (χ3n) is 4.76. The number of aryl methyl sites for hydroxylation is 1. The van der Waals surface area contributed by atoms with E-state index in [1.807, 2.05) is 46.3 Å². The summed E-state index contributed by atoms with van der Waals surface area (Å²) < 4.78 is 4.30. The standard InChI is InChI=1S/C15H13NOS.C7H7N5O/c1-2-11-10-14-13(8-9-18-14)15(17)16(11)12-6-4-3-5-7-12;8-5-4(6(9)13)7-10-2-1-3-12(7)11-5/h3-10H,2H2,1H3;1-3H,(H2,8,11)(H2,9,13). The van der Waals surface area contributed by atoms with E-state index in [0.29, 0.717) is 5.65 Å². The predicted molar refractivity (Wildman–Crippen MR) is 123 cm³/mol. The first-order valence-electron chi connectivity index (χ1n) is 9.57. The molecule has 4 aromatic heterocycles. The highest BCUT2D eigenvalue weighted by atomic mass is 32.1. The van der Waals surface area contributed by atoms with Crippen molar-refractivity contribution in [3.63, 3.8) is 0 Å². The zero-order valence-electron chi connectivity index (χ0n) is 16.7. The summed E-state index contributed by atoms with van der Waals surface area (Å²) in [6.07, 6.45) is 4.03. The van der Waals surface area contributed by atoms with Gasteiger partial charge < -0.3 is 11.5 Å². The number of pyridine rings is 1. The molecular weight excluding hydrogens is 412 g/mol. The van der Waals surface area contributed by atoms with Gasteiger partial charge in [0.15, 0.2) is 11.5 Å². The van der Waals surface area contributed by atoms with Gasteiger partial charge in [-0.25, -0.2) is 9.50 Å². The molecule has 9 heteroatoms. The topological polar surface area (TPSA) is 121 Å². The molecule has 156 valence electrons. The van der Waals surface area contributed by atoms with Gasteiger partial charge in [-0.3, -0.25) is 14.2 Å². The van der Waals surface area contributed by atoms with Gasteiger partial charge >= 0.3 is 0 Å². The molecule has 0 atom stereocenters. The van der Waals surface area contributed by atoms with Gasteiger partial charge in [-0.1, -0.05) is 25.1 Å². The highest BCUT2D eigenvalue weighted by molar-refractivity contribution is 7.17. The van der Waals surface area contributed by atoms with Gasteiger partial charge in [0, 0.05) is 28.5 Å². The Hall–Kier alpha value is -3.98. The molecule has 0 saturated heterocycles. The van der Waals surface area contributed by atoms with Gasteiger partial charge in [-0.05, 0) is 42.1 Å². The van der Waals surface area contributed by atoms with E-state index in [-0.39, 0.29) is 16.9 Å². The van der Waals surface area contributed by atoms with Crippen molar-refractivity contribution in [1.29, 1.82) is 0 Å². The maximum Gasteiger partial charge on any atom is 0.264 e. The van der Waals surface area contributed by atoms with Crippen LogP contribution >= 0.6 is 11.3 Å². The number of anilines is 1. The minimum atomic E-state index is -0.619. The Kier molecular flexibility index (Phi) is 5.50. The highest BCUT2D eigenvalue weighted by Gasteiger charge is 2.15. The van der Waals surface area contributed by atoms with Crippen LogP contribution in [0.3, 0.4) is 0 Å². The average molecular weight is 433 g/mol. The lowest BCUT2D eigenvalue weighted by molar-refractivity contribution is 0.100. The molecule has 0 bridgehead atoms. The number of rotatable bonds is 3. The summed E-state index contributed by atoms with van der Waals surface area (Å²) in [6.45, 7) is 2.08. The van der Waals surface area contributed by atoms with Crippen LogP contribution in [0.2, 0.25) is 0 Å². The molecule has 31 heavy (non-hydrogen) atoms. The van der Waals surface area contributed by atoms with Crippen LogP contribution < -0.4 is 17.0 Å². The SMILES string of the molecule is CCc1cc2sccc2c(=O)n1-c1ccccc1.NC(=O)c1c(N)nn2cccnc12. The molecule has 0 saturated carbocycles. The summed E-state index contributed by atoms with van der Waals surface area (Å²) in [6, 6.07) is 15.5. The fraction of sp³-hybridized carbons (Fsp3) is 0.0909. The van der Waals surface area contributed by atoms with Crippen molar-refractivity contribution in [3.05, 3.63) is 87.9 Å². The van der Waals surface area contributed by atoms with Crippen LogP contribution in [0.25, 0.3) is 21.4 Å². The second-order valence-electron chi connectivity index (χ2n) is 6.68. The Bertz CT molecular complexity index is 1440. The van der Waals surface area contributed by atoms with Crippen molar-refractivity contribution in [2.75, 3.05) is 5.73 Å². The number of nitrogens with two attached hydrogens (primary N) is 2. The van der Waals surface area contributed by atoms with Gasteiger partial charge in [0.1, 0.15) is 5.56 Å². The second-order valence-corrected chi connectivity index (χ2v) is 7.62. The summed E-state index contributed by atoms with van der Waals surface area (Å²) in [5.41, 5.74) is 13.2. The van der Waals surface area contributed by atoms with E-state index >= 15 is 0 Å². The Balaban J connectivity index is 0.000000158. The van der Waals surface area contributed by atoms with Crippen molar-refractivity contribution in [1.82, 2.24) is 19.2 Å². The number of carbonyl (C=O) groups is 1. The minimum Gasteiger partial charge on any atom is -0.381 e. The number of fused-ring (bicyclic) bond motifs is 2. The van der Waals surface area contributed by atoms with Crippen LogP contribution in [-0.4, -0.2) is 25.1 Å². The Morgan fingerprint density at radius 1 is 1.16 bits per heavy atom. The molecule has 5 aromatic rings. The molecule has 0 aliphatic carbocycles. The van der Waals surface area contributed by atoms with Crippen LogP contribution in [0.1, 0.15) is 23.0 Å². The monoisotopic (exact) mass is 432 g/mol. The van der Waals surface area contributed by atoms with Crippen molar-refractivity contribution < 1.29 is 4.79 Å². The molecule has 1 amide bonds. The van der Waals surface area contributed by atoms with E-state index in [1.54, 1.807) is 29.8 Å². The molecule has 0 aliphatic rings. The van der Waals surface area contributed by atoms with Crippen molar-refractivity contribution >= 4 is 38.8 Å². The summed E-state index contributed by atoms with van der Waals surface area (Å²) in [4.78, 5) is 27.4. The van der Waals surface area contributed by atoms with Gasteiger partial charge in [0.25, 0.3) is 11.5 Å². The maximum absolute atomic E-state index is 12.5. The normalized spacial score (nSPS) is 10.7. The molecule has 4 N–H and O–H groups in total. The number of primary amides is 1. The van der Waals surface area contributed by atoms with Gasteiger partial charge in [-0.15, -0.1) is 16.4 Å². The van der Waals surface area contributed by atoms with E-state index in [0.717, 1.165) is 27.9 Å². The minimum absolute atomic E-state index is 0.0804. The zero-order valence-corrected chi connectivity index (χ0v) is 17.5. The molecule has 0 fully saturated rings. The molecule has 5 rings (SSSR count). The smallest absolute Gasteiger partial charge is 0.264 e. The van der Waals surface area contributed by atoms with Gasteiger partial charge in [-0.2, -0.15) is 0 Å². The summed E-state index contributed by atoms with van der Waals surface area (Å²) >= 11 is 1.62. The largest absolute Gasteiger partial charge is 0.381 e. The Morgan fingerprint density at radius 3 is 2.65 bits per heavy atom. The summed E-state index contributed by atoms with van der Waals surface area (Å²) in [5.74, 6) is -0.516. The number of nitrogens with zero attached hydrogens (tertiary/aromatic N) is 4. The van der Waals surface area contributed by atoms with E-state index in [2.05, 4.69) is 23.1 Å². The first-order valence-corrected chi connectivity index (χ1v) is 10.5. The second kappa shape index (κ2) is 8.41. The fourth-order valence-electron chi connectivity index (χ4n) is 3.34. The van der Waals surface area contributed by atoms with Crippen LogP contribution in [0.5, 0.6) is 0 Å². The van der Waals surface area contributed by atoms with E-state index in [1.165, 1.54) is 4.52 Å². The highest BCUT2D eigenvalue weighted by Crippen LogP contribution is 2.21. The first-order chi connectivity index (χ1) is 15.0. The third-order valence-corrected chi connectivity index (χ3v) is 5.62. The first kappa shape index (κ1) is 20.3. The molecule has 0 aliphatic heterocycles. The predicted octanol–water partition coefficient (Wildman–Crippen LogP) is 3.02. The number of hydrogen-bond donors (Lipinski definition) is 2. The Morgan fingerprint density at radius 2 is 1.94 bits per heavy atom. The molecule has 8 nitrogen and oxygen atoms in total. The number of carbonyl (C=O) groups excluding carboxylic acids is 1. The van der Waals surface area contributed by atoms with Crippen LogP contribution in [0.4, 0.5) is 5.82 Å². The van der Waals surface area contributed by atoms with Crippen molar-refractivity contribution in [3.8, 4) is 5.69 Å². The van der Waals surface area contributed by atoms with Gasteiger partial charge in [0.2, 0.25) is 0 Å². The number of amides is 1. The lowest BCUT2D eigenvalue weighted by Crippen LogP contribution is -2.21. The number of para-hydroxylation sites is 1. The quantitative estimate of drug-likeness (QED) is 0.454. The molecule has 0 unspecified atom stereocenters. The van der Waals surface area contributed by atoms with Crippen LogP contribution in [0.15, 0.2) is 71.1 Å². The van der Waals surface area contributed by atoms with E-state index in [9.17, 15) is 9.59 Å². The zero-order chi connectivity index (χ0) is 22.0. The molecule has 0 spiro atoms.